The predicted molar refractivity (Wildman–Crippen MR) is 246 cm³/mol. The lowest BCUT2D eigenvalue weighted by Gasteiger charge is -2.63. The maximum absolute atomic E-state index is 2.64. The third-order valence-electron chi connectivity index (χ3n) is 17.0. The van der Waals surface area contributed by atoms with Gasteiger partial charge in [0.1, 0.15) is 0 Å². The summed E-state index contributed by atoms with van der Waals surface area (Å²) >= 11 is 2.05. The second-order valence-electron chi connectivity index (χ2n) is 22.3. The first kappa shape index (κ1) is 37.3. The summed E-state index contributed by atoms with van der Waals surface area (Å²) < 4.78 is 0. The fraction of sp³-hybridized carbons (Fsp3) is 0.464. The molecule has 6 aliphatic carbocycles. The van der Waals surface area contributed by atoms with Crippen LogP contribution in [0.2, 0.25) is 0 Å². The summed E-state index contributed by atoms with van der Waals surface area (Å²) in [5.41, 5.74) is 16.7. The molecule has 0 atom stereocenters. The Balaban J connectivity index is 1.13. The van der Waals surface area contributed by atoms with Crippen LogP contribution in [-0.2, 0) is 27.1 Å². The summed E-state index contributed by atoms with van der Waals surface area (Å²) in [6.07, 6.45) is 11.9. The largest absolute Gasteiger partial charge is 0.310 e. The fourth-order valence-corrected chi connectivity index (χ4v) is 15.2. The lowest BCUT2D eigenvalue weighted by molar-refractivity contribution is -0.0441. The van der Waals surface area contributed by atoms with Gasteiger partial charge in [0.25, 0.3) is 0 Å². The molecular weight excluding hydrogens is 719 g/mol. The van der Waals surface area contributed by atoms with Crippen LogP contribution in [0.25, 0.3) is 11.1 Å². The van der Waals surface area contributed by atoms with Gasteiger partial charge in [-0.15, -0.1) is 0 Å². The molecule has 0 radical (unpaired) electrons. The molecule has 12 rings (SSSR count). The van der Waals surface area contributed by atoms with Gasteiger partial charge in [-0.05, 0) is 190 Å². The fourth-order valence-electron chi connectivity index (χ4n) is 13.9. The molecule has 0 amide bonds. The number of hydrogen-bond donors (Lipinski definition) is 0. The quantitative estimate of drug-likeness (QED) is 0.179. The van der Waals surface area contributed by atoms with E-state index in [-0.39, 0.29) is 27.1 Å². The van der Waals surface area contributed by atoms with Gasteiger partial charge in [0.15, 0.2) is 0 Å². The van der Waals surface area contributed by atoms with Crippen molar-refractivity contribution in [3.8, 4) is 11.1 Å². The molecule has 0 saturated heterocycles. The predicted octanol–water partition coefficient (Wildman–Crippen LogP) is 15.7. The Labute approximate surface area is 353 Å². The summed E-state index contributed by atoms with van der Waals surface area (Å²) in [5.74, 6) is 3.22. The van der Waals surface area contributed by atoms with Crippen molar-refractivity contribution in [2.45, 2.75) is 150 Å². The van der Waals surface area contributed by atoms with Crippen molar-refractivity contribution in [3.05, 3.63) is 137 Å². The third kappa shape index (κ3) is 5.41. The summed E-state index contributed by atoms with van der Waals surface area (Å²) in [5, 5.41) is 0. The molecule has 5 aromatic rings. The number of anilines is 3. The van der Waals surface area contributed by atoms with Crippen molar-refractivity contribution in [2.24, 2.45) is 23.7 Å². The molecule has 0 aromatic heterocycles. The van der Waals surface area contributed by atoms with Crippen molar-refractivity contribution in [1.29, 1.82) is 0 Å². The average molecular weight is 782 g/mol. The molecule has 7 aliphatic rings. The maximum Gasteiger partial charge on any atom is 0.0473 e. The Morgan fingerprint density at radius 1 is 0.448 bits per heavy atom. The van der Waals surface area contributed by atoms with E-state index in [4.69, 9.17) is 0 Å². The highest BCUT2D eigenvalue weighted by Crippen LogP contribution is 2.70. The van der Waals surface area contributed by atoms with Gasteiger partial charge in [0, 0.05) is 32.3 Å². The highest BCUT2D eigenvalue weighted by Gasteiger charge is 2.61. The monoisotopic (exact) mass is 781 g/mol. The highest BCUT2D eigenvalue weighted by molar-refractivity contribution is 7.99. The topological polar surface area (TPSA) is 3.24 Å². The minimum Gasteiger partial charge on any atom is -0.310 e. The van der Waals surface area contributed by atoms with Gasteiger partial charge in [-0.2, -0.15) is 0 Å². The molecule has 1 heterocycles. The van der Waals surface area contributed by atoms with Crippen molar-refractivity contribution in [3.63, 3.8) is 0 Å². The molecule has 0 unspecified atom stereocenters. The van der Waals surface area contributed by atoms with Crippen LogP contribution in [-0.4, -0.2) is 0 Å². The van der Waals surface area contributed by atoms with Crippen molar-refractivity contribution < 1.29 is 0 Å². The third-order valence-corrected chi connectivity index (χ3v) is 18.1. The van der Waals surface area contributed by atoms with Crippen LogP contribution >= 0.6 is 11.8 Å². The van der Waals surface area contributed by atoms with Gasteiger partial charge in [-0.1, -0.05) is 128 Å². The minimum atomic E-state index is 0.0575. The van der Waals surface area contributed by atoms with Crippen LogP contribution in [0.3, 0.4) is 0 Å². The smallest absolute Gasteiger partial charge is 0.0473 e. The molecule has 4 bridgehead atoms. The number of rotatable bonds is 4. The van der Waals surface area contributed by atoms with Gasteiger partial charge in [0.05, 0.1) is 0 Å². The van der Waals surface area contributed by atoms with E-state index in [1.54, 1.807) is 11.1 Å². The van der Waals surface area contributed by atoms with Crippen LogP contribution in [0, 0.1) is 23.7 Å². The van der Waals surface area contributed by atoms with Gasteiger partial charge in [0.2, 0.25) is 0 Å². The SMILES string of the molecule is CC1(C)CCC(C)(C)c2cc(N(c3ccc4c(c3)Sc3cccc(-c5ccccc5)c3C43C4CC5CC(C4)CC3C5)c3ccc4c(c3)C(C)(C)CCC4(C)C)ccc21. The van der Waals surface area contributed by atoms with E-state index in [0.717, 1.165) is 11.8 Å². The summed E-state index contributed by atoms with van der Waals surface area (Å²) in [6, 6.07) is 41.4. The van der Waals surface area contributed by atoms with Crippen LogP contribution in [0.15, 0.2) is 113 Å². The van der Waals surface area contributed by atoms with Crippen LogP contribution in [0.5, 0.6) is 0 Å². The zero-order valence-corrected chi connectivity index (χ0v) is 37.2. The summed E-state index contributed by atoms with van der Waals surface area (Å²) in [4.78, 5) is 5.60. The first-order valence-electron chi connectivity index (χ1n) is 22.8. The van der Waals surface area contributed by atoms with E-state index in [2.05, 4.69) is 163 Å². The van der Waals surface area contributed by atoms with Gasteiger partial charge >= 0.3 is 0 Å². The van der Waals surface area contributed by atoms with E-state index in [0.29, 0.717) is 11.8 Å². The Bertz CT molecular complexity index is 2350. The van der Waals surface area contributed by atoms with Crippen LogP contribution < -0.4 is 4.90 Å². The molecule has 4 fully saturated rings. The first-order chi connectivity index (χ1) is 27.7. The second kappa shape index (κ2) is 12.6. The van der Waals surface area contributed by atoms with Crippen LogP contribution in [0.4, 0.5) is 17.1 Å². The molecule has 1 spiro atoms. The lowest BCUT2D eigenvalue weighted by atomic mass is 9.41. The van der Waals surface area contributed by atoms with Crippen LogP contribution in [0.1, 0.15) is 147 Å². The molecule has 298 valence electrons. The molecule has 1 nitrogen and oxygen atoms in total. The Morgan fingerprint density at radius 3 is 1.47 bits per heavy atom. The molecular formula is C56H63NS. The normalized spacial score (nSPS) is 28.6. The lowest BCUT2D eigenvalue weighted by Crippen LogP contribution is -2.57. The standard InChI is InChI=1S/C56H63NS/c1-52(2)23-25-54(5,6)47-32-40(17-20-44(47)52)57(41-18-21-45-48(33-41)55(7,8)26-24-53(45,3)4)42-19-22-46-50(34-42)58-49-16-12-15-43(37-13-10-9-11-14-37)51(49)56(46)38-28-35-27-36(30-38)31-39(56)29-35/h9-22,32-36,38-39H,23-31H2,1-8H3. The van der Waals surface area contributed by atoms with Crippen molar-refractivity contribution >= 4 is 28.8 Å². The Kier molecular flexibility index (Phi) is 8.12. The summed E-state index contributed by atoms with van der Waals surface area (Å²) in [7, 11) is 0. The summed E-state index contributed by atoms with van der Waals surface area (Å²) in [6.45, 7) is 19.7. The van der Waals surface area contributed by atoms with E-state index in [1.807, 2.05) is 11.8 Å². The van der Waals surface area contributed by atoms with E-state index < -0.39 is 0 Å². The minimum absolute atomic E-state index is 0.0575. The molecule has 5 aromatic carbocycles. The number of benzene rings is 5. The van der Waals surface area contributed by atoms with Gasteiger partial charge in [-0.3, -0.25) is 0 Å². The Morgan fingerprint density at radius 2 is 0.931 bits per heavy atom. The molecule has 2 heteroatoms. The Hall–Kier alpha value is -3.75. The zero-order valence-electron chi connectivity index (χ0n) is 36.3. The van der Waals surface area contributed by atoms with Gasteiger partial charge in [-0.25, -0.2) is 0 Å². The number of fused-ring (bicyclic) bond motifs is 4. The molecule has 58 heavy (non-hydrogen) atoms. The molecule has 1 aliphatic heterocycles. The number of hydrogen-bond acceptors (Lipinski definition) is 2. The first-order valence-corrected chi connectivity index (χ1v) is 23.6. The van der Waals surface area contributed by atoms with E-state index >= 15 is 0 Å². The van der Waals surface area contributed by atoms with E-state index in [9.17, 15) is 0 Å². The van der Waals surface area contributed by atoms with Crippen molar-refractivity contribution in [1.82, 2.24) is 0 Å². The molecule has 4 saturated carbocycles. The van der Waals surface area contributed by atoms with Crippen molar-refractivity contribution in [2.75, 3.05) is 4.90 Å². The number of nitrogens with zero attached hydrogens (tertiary/aromatic N) is 1. The maximum atomic E-state index is 2.64. The highest BCUT2D eigenvalue weighted by atomic mass is 32.2. The zero-order chi connectivity index (χ0) is 40.0. The average Bonchev–Trinajstić information content (AvgIpc) is 3.20. The van der Waals surface area contributed by atoms with E-state index in [1.165, 1.54) is 118 Å². The second-order valence-corrected chi connectivity index (χ2v) is 23.4. The van der Waals surface area contributed by atoms with Gasteiger partial charge < -0.3 is 4.90 Å². The molecule has 0 N–H and O–H groups in total.